The number of rotatable bonds is 4. The highest BCUT2D eigenvalue weighted by atomic mass is 16.6. The highest BCUT2D eigenvalue weighted by molar-refractivity contribution is 5.85. The maximum atomic E-state index is 10.9. The monoisotopic (exact) mass is 337 g/mol. The molecule has 2 aromatic carbocycles. The van der Waals surface area contributed by atoms with Crippen LogP contribution in [0, 0.1) is 17.0 Å². The highest BCUT2D eigenvalue weighted by Gasteiger charge is 2.21. The first-order valence-electron chi connectivity index (χ1n) is 8.35. The van der Waals surface area contributed by atoms with Crippen molar-refractivity contribution in [3.8, 4) is 5.75 Å². The summed E-state index contributed by atoms with van der Waals surface area (Å²) in [5, 5.41) is 12.2. The summed E-state index contributed by atoms with van der Waals surface area (Å²) in [5.41, 5.74) is 4.71. The highest BCUT2D eigenvalue weighted by Crippen LogP contribution is 2.35. The fraction of sp³-hybridized carbons (Fsp3) is 0.263. The van der Waals surface area contributed by atoms with Gasteiger partial charge in [0.1, 0.15) is 12.4 Å². The van der Waals surface area contributed by atoms with Gasteiger partial charge in [0.2, 0.25) is 0 Å². The number of fused-ring (bicyclic) bond motifs is 2. The van der Waals surface area contributed by atoms with E-state index < -0.39 is 4.92 Å². The lowest BCUT2D eigenvalue weighted by Gasteiger charge is -2.31. The second kappa shape index (κ2) is 6.12. The molecule has 2 heterocycles. The second-order valence-electron chi connectivity index (χ2n) is 6.31. The minimum atomic E-state index is -0.392. The number of non-ortho nitro benzene ring substituents is 1. The number of hydrogen-bond acceptors (Lipinski definition) is 4. The molecule has 3 aromatic rings. The van der Waals surface area contributed by atoms with Crippen LogP contribution in [0.5, 0.6) is 5.75 Å². The number of aromatic nitrogens is 1. The van der Waals surface area contributed by atoms with Gasteiger partial charge in [0.05, 0.1) is 23.2 Å². The Kier molecular flexibility index (Phi) is 3.80. The third-order valence-corrected chi connectivity index (χ3v) is 4.77. The van der Waals surface area contributed by atoms with Gasteiger partial charge in [0.25, 0.3) is 5.69 Å². The molecule has 0 spiro atoms. The average Bonchev–Trinajstić information content (AvgIpc) is 3.04. The number of hydrogen-bond donors (Lipinski definition) is 1. The van der Waals surface area contributed by atoms with Crippen LogP contribution in [0.1, 0.15) is 11.1 Å². The van der Waals surface area contributed by atoms with Gasteiger partial charge >= 0.3 is 0 Å². The summed E-state index contributed by atoms with van der Waals surface area (Å²) in [7, 11) is 0. The van der Waals surface area contributed by atoms with Gasteiger partial charge in [0, 0.05) is 29.7 Å². The van der Waals surface area contributed by atoms with E-state index >= 15 is 0 Å². The zero-order chi connectivity index (χ0) is 17.4. The standard InChI is InChI=1S/C19H19N3O3/c1-13-3-2-4-16-14(12-20-19(13)16)7-8-21-9-10-25-18-11-15(22(23)24)5-6-17(18)21/h2-6,11-12,20H,7-10H2,1H3. The molecule has 1 aromatic heterocycles. The molecule has 0 saturated heterocycles. The maximum Gasteiger partial charge on any atom is 0.273 e. The van der Waals surface area contributed by atoms with Crippen molar-refractivity contribution in [3.05, 3.63) is 63.8 Å². The van der Waals surface area contributed by atoms with Gasteiger partial charge in [-0.3, -0.25) is 10.1 Å². The Morgan fingerprint density at radius 2 is 2.20 bits per heavy atom. The van der Waals surface area contributed by atoms with Crippen molar-refractivity contribution >= 4 is 22.3 Å². The average molecular weight is 337 g/mol. The molecule has 0 fully saturated rings. The lowest BCUT2D eigenvalue weighted by atomic mass is 10.1. The lowest BCUT2D eigenvalue weighted by molar-refractivity contribution is -0.384. The van der Waals surface area contributed by atoms with Gasteiger partial charge < -0.3 is 14.6 Å². The van der Waals surface area contributed by atoms with E-state index in [1.807, 2.05) is 0 Å². The number of nitrogens with one attached hydrogen (secondary N) is 1. The first-order valence-corrected chi connectivity index (χ1v) is 8.35. The number of benzene rings is 2. The van der Waals surface area contributed by atoms with E-state index in [9.17, 15) is 10.1 Å². The van der Waals surface area contributed by atoms with Crippen LogP contribution in [-0.4, -0.2) is 29.6 Å². The lowest BCUT2D eigenvalue weighted by Crippen LogP contribution is -2.34. The van der Waals surface area contributed by atoms with E-state index in [0.717, 1.165) is 25.2 Å². The van der Waals surface area contributed by atoms with Crippen molar-refractivity contribution in [3.63, 3.8) is 0 Å². The van der Waals surface area contributed by atoms with E-state index in [1.54, 1.807) is 6.07 Å². The molecule has 0 atom stereocenters. The van der Waals surface area contributed by atoms with Crippen molar-refractivity contribution in [2.45, 2.75) is 13.3 Å². The first kappa shape index (κ1) is 15.5. The van der Waals surface area contributed by atoms with Gasteiger partial charge in [-0.15, -0.1) is 0 Å². The number of H-pyrrole nitrogens is 1. The van der Waals surface area contributed by atoms with Crippen LogP contribution in [0.3, 0.4) is 0 Å². The van der Waals surface area contributed by atoms with Crippen LogP contribution in [-0.2, 0) is 6.42 Å². The number of nitrogens with zero attached hydrogens (tertiary/aromatic N) is 2. The summed E-state index contributed by atoms with van der Waals surface area (Å²) in [6.07, 6.45) is 2.98. The van der Waals surface area contributed by atoms with Crippen molar-refractivity contribution < 1.29 is 9.66 Å². The van der Waals surface area contributed by atoms with Crippen LogP contribution in [0.4, 0.5) is 11.4 Å². The number of aromatic amines is 1. The Morgan fingerprint density at radius 3 is 3.04 bits per heavy atom. The van der Waals surface area contributed by atoms with Crippen LogP contribution in [0.25, 0.3) is 10.9 Å². The minimum Gasteiger partial charge on any atom is -0.489 e. The Balaban J connectivity index is 1.56. The molecule has 6 nitrogen and oxygen atoms in total. The predicted octanol–water partition coefficient (Wildman–Crippen LogP) is 3.83. The van der Waals surface area contributed by atoms with E-state index in [1.165, 1.54) is 34.2 Å². The molecule has 0 radical (unpaired) electrons. The number of nitro benzene ring substituents is 1. The Hall–Kier alpha value is -3.02. The summed E-state index contributed by atoms with van der Waals surface area (Å²) >= 11 is 0. The zero-order valence-electron chi connectivity index (χ0n) is 14.0. The molecule has 25 heavy (non-hydrogen) atoms. The van der Waals surface area contributed by atoms with Crippen molar-refractivity contribution in [1.29, 1.82) is 0 Å². The number of ether oxygens (including phenoxy) is 1. The second-order valence-corrected chi connectivity index (χ2v) is 6.31. The molecule has 0 unspecified atom stereocenters. The fourth-order valence-corrected chi connectivity index (χ4v) is 3.44. The van der Waals surface area contributed by atoms with Crippen LogP contribution >= 0.6 is 0 Å². The van der Waals surface area contributed by atoms with E-state index in [2.05, 4.69) is 41.2 Å². The predicted molar refractivity (Wildman–Crippen MR) is 97.5 cm³/mol. The third-order valence-electron chi connectivity index (χ3n) is 4.77. The molecule has 1 aliphatic heterocycles. The molecule has 0 bridgehead atoms. The summed E-state index contributed by atoms with van der Waals surface area (Å²) in [5.74, 6) is 0.593. The SMILES string of the molecule is Cc1cccc2c(CCN3CCOc4cc([N+](=O)[O-])ccc43)c[nH]c12. The smallest absolute Gasteiger partial charge is 0.273 e. The van der Waals surface area contributed by atoms with Crippen molar-refractivity contribution in [1.82, 2.24) is 4.98 Å². The van der Waals surface area contributed by atoms with Gasteiger partial charge in [0.15, 0.2) is 0 Å². The van der Waals surface area contributed by atoms with E-state index in [-0.39, 0.29) is 5.69 Å². The molecular formula is C19H19N3O3. The molecule has 128 valence electrons. The van der Waals surface area contributed by atoms with Gasteiger partial charge in [-0.1, -0.05) is 18.2 Å². The Morgan fingerprint density at radius 1 is 1.32 bits per heavy atom. The molecule has 0 saturated carbocycles. The molecule has 4 rings (SSSR count). The topological polar surface area (TPSA) is 71.4 Å². The third kappa shape index (κ3) is 2.80. The molecule has 0 aliphatic carbocycles. The first-order chi connectivity index (χ1) is 12.1. The molecule has 1 aliphatic rings. The number of anilines is 1. The molecule has 0 amide bonds. The Labute approximate surface area is 145 Å². The minimum absolute atomic E-state index is 0.0627. The van der Waals surface area contributed by atoms with Crippen molar-refractivity contribution in [2.75, 3.05) is 24.6 Å². The van der Waals surface area contributed by atoms with Crippen LogP contribution < -0.4 is 9.64 Å². The molecule has 1 N–H and O–H groups in total. The normalized spacial score (nSPS) is 13.6. The number of aryl methyl sites for hydroxylation is 1. The zero-order valence-corrected chi connectivity index (χ0v) is 14.0. The van der Waals surface area contributed by atoms with E-state index in [4.69, 9.17) is 4.74 Å². The van der Waals surface area contributed by atoms with Gasteiger partial charge in [-0.25, -0.2) is 0 Å². The maximum absolute atomic E-state index is 10.9. The summed E-state index contributed by atoms with van der Waals surface area (Å²) in [4.78, 5) is 16.1. The van der Waals surface area contributed by atoms with Gasteiger partial charge in [-0.2, -0.15) is 0 Å². The van der Waals surface area contributed by atoms with Crippen LogP contribution in [0.15, 0.2) is 42.6 Å². The molecular weight excluding hydrogens is 318 g/mol. The summed E-state index contributed by atoms with van der Waals surface area (Å²) in [6.45, 7) is 4.27. The van der Waals surface area contributed by atoms with Crippen LogP contribution in [0.2, 0.25) is 0 Å². The fourth-order valence-electron chi connectivity index (χ4n) is 3.44. The number of para-hydroxylation sites is 1. The summed E-state index contributed by atoms with van der Waals surface area (Å²) in [6, 6.07) is 11.2. The van der Waals surface area contributed by atoms with Gasteiger partial charge in [-0.05, 0) is 30.5 Å². The molecule has 6 heteroatoms. The summed E-state index contributed by atoms with van der Waals surface area (Å²) < 4.78 is 5.62. The van der Waals surface area contributed by atoms with E-state index in [0.29, 0.717) is 12.4 Å². The number of nitro groups is 1. The Bertz CT molecular complexity index is 948. The quantitative estimate of drug-likeness (QED) is 0.580. The largest absolute Gasteiger partial charge is 0.489 e. The van der Waals surface area contributed by atoms with Crippen molar-refractivity contribution in [2.24, 2.45) is 0 Å².